The van der Waals surface area contributed by atoms with Crippen LogP contribution in [0, 0.1) is 22.7 Å². The molecule has 1 heterocycles. The molecule has 0 radical (unpaired) electrons. The third kappa shape index (κ3) is 2.21. The summed E-state index contributed by atoms with van der Waals surface area (Å²) < 4.78 is 5.15. The van der Waals surface area contributed by atoms with Gasteiger partial charge in [-0.15, -0.1) is 0 Å². The molecular weight excluding hydrogens is 352 g/mol. The van der Waals surface area contributed by atoms with Crippen LogP contribution in [0.5, 0.6) is 0 Å². The molecule has 4 aliphatic rings. The van der Waals surface area contributed by atoms with Crippen molar-refractivity contribution in [1.29, 1.82) is 0 Å². The first-order valence-electron chi connectivity index (χ1n) is 10.5. The Balaban J connectivity index is 1.53. The van der Waals surface area contributed by atoms with Crippen molar-refractivity contribution in [2.75, 3.05) is 0 Å². The van der Waals surface area contributed by atoms with E-state index in [1.165, 1.54) is 11.6 Å². The number of hydrogen-bond donors (Lipinski definition) is 1. The van der Waals surface area contributed by atoms with Gasteiger partial charge in [0.05, 0.1) is 11.9 Å². The molecule has 3 saturated carbocycles. The van der Waals surface area contributed by atoms with Crippen LogP contribution in [0.4, 0.5) is 0 Å². The Hall–Kier alpha value is -1.94. The summed E-state index contributed by atoms with van der Waals surface area (Å²) in [6.45, 7) is 4.49. The fraction of sp³-hybridized carbons (Fsp3) is 0.583. The topological polar surface area (TPSA) is 67.5 Å². The molecule has 6 atom stereocenters. The van der Waals surface area contributed by atoms with Crippen LogP contribution in [0.25, 0.3) is 0 Å². The number of rotatable bonds is 1. The van der Waals surface area contributed by atoms with E-state index in [1.807, 2.05) is 12.1 Å². The van der Waals surface area contributed by atoms with E-state index in [0.29, 0.717) is 5.92 Å². The molecule has 1 aromatic rings. The van der Waals surface area contributed by atoms with Crippen LogP contribution in [0.2, 0.25) is 0 Å². The molecule has 28 heavy (non-hydrogen) atoms. The lowest BCUT2D eigenvalue weighted by Crippen LogP contribution is -2.60. The first-order chi connectivity index (χ1) is 13.3. The minimum absolute atomic E-state index is 0.0942. The molecule has 148 valence electrons. The fourth-order valence-corrected chi connectivity index (χ4v) is 7.27. The molecule has 4 aliphatic carbocycles. The lowest BCUT2D eigenvalue weighted by Gasteiger charge is -2.60. The predicted molar refractivity (Wildman–Crippen MR) is 106 cm³/mol. The van der Waals surface area contributed by atoms with Gasteiger partial charge in [-0.05, 0) is 80.1 Å². The molecule has 0 bridgehead atoms. The highest BCUT2D eigenvalue weighted by Crippen LogP contribution is 2.69. The summed E-state index contributed by atoms with van der Waals surface area (Å²) >= 11 is 0. The number of allylic oxidation sites excluding steroid dienone is 4. The van der Waals surface area contributed by atoms with Crippen LogP contribution >= 0.6 is 0 Å². The summed E-state index contributed by atoms with van der Waals surface area (Å²) in [4.78, 5) is 23.3. The van der Waals surface area contributed by atoms with Gasteiger partial charge in [0.25, 0.3) is 0 Å². The quantitative estimate of drug-likeness (QED) is 0.795. The monoisotopic (exact) mass is 380 g/mol. The number of hydrogen-bond acceptors (Lipinski definition) is 4. The van der Waals surface area contributed by atoms with Crippen molar-refractivity contribution in [2.45, 2.75) is 63.9 Å². The lowest BCUT2D eigenvalue weighted by atomic mass is 9.46. The molecule has 0 saturated heterocycles. The van der Waals surface area contributed by atoms with E-state index in [2.05, 4.69) is 19.9 Å². The van der Waals surface area contributed by atoms with E-state index in [-0.39, 0.29) is 34.1 Å². The maximum absolute atomic E-state index is 12.1. The first kappa shape index (κ1) is 18.1. The van der Waals surface area contributed by atoms with Gasteiger partial charge in [-0.3, -0.25) is 4.79 Å². The van der Waals surface area contributed by atoms with Crippen LogP contribution in [-0.4, -0.2) is 16.5 Å². The molecule has 3 fully saturated rings. The highest BCUT2D eigenvalue weighted by atomic mass is 16.4. The first-order valence-corrected chi connectivity index (χ1v) is 10.5. The van der Waals surface area contributed by atoms with Gasteiger partial charge in [0.2, 0.25) is 0 Å². The van der Waals surface area contributed by atoms with Crippen molar-refractivity contribution in [1.82, 2.24) is 0 Å². The maximum Gasteiger partial charge on any atom is 0.335 e. The molecule has 1 aromatic heterocycles. The van der Waals surface area contributed by atoms with Crippen LogP contribution in [-0.2, 0) is 4.79 Å². The van der Waals surface area contributed by atoms with Crippen LogP contribution < -0.4 is 5.63 Å². The number of carbonyl (C=O) groups excluding carboxylic acids is 1. The number of carbonyl (C=O) groups is 1. The number of fused-ring (bicyclic) bond motifs is 5. The van der Waals surface area contributed by atoms with Gasteiger partial charge < -0.3 is 9.52 Å². The third-order valence-electron chi connectivity index (χ3n) is 8.87. The zero-order chi connectivity index (χ0) is 19.7. The molecule has 1 N–H and O–H groups in total. The molecule has 4 heteroatoms. The Bertz CT molecular complexity index is 935. The second-order valence-electron chi connectivity index (χ2n) is 9.80. The zero-order valence-electron chi connectivity index (χ0n) is 16.6. The van der Waals surface area contributed by atoms with Crippen molar-refractivity contribution >= 4 is 5.78 Å². The van der Waals surface area contributed by atoms with Gasteiger partial charge in [-0.2, -0.15) is 0 Å². The average molecular weight is 380 g/mol. The van der Waals surface area contributed by atoms with Crippen LogP contribution in [0.15, 0.2) is 51.4 Å². The summed E-state index contributed by atoms with van der Waals surface area (Å²) in [6, 6.07) is 3.36. The minimum Gasteiger partial charge on any atom is -0.431 e. The predicted octanol–water partition coefficient (Wildman–Crippen LogP) is 4.15. The molecule has 0 aliphatic heterocycles. The minimum atomic E-state index is -0.722. The van der Waals surface area contributed by atoms with E-state index >= 15 is 0 Å². The van der Waals surface area contributed by atoms with Gasteiger partial charge in [-0.25, -0.2) is 4.79 Å². The summed E-state index contributed by atoms with van der Waals surface area (Å²) in [6.07, 6.45) is 12.8. The molecule has 5 rings (SSSR count). The van der Waals surface area contributed by atoms with Gasteiger partial charge >= 0.3 is 5.63 Å². The Kier molecular flexibility index (Phi) is 3.74. The summed E-state index contributed by atoms with van der Waals surface area (Å²) in [5.41, 5.74) is 0.880. The van der Waals surface area contributed by atoms with Crippen LogP contribution in [0.3, 0.4) is 0 Å². The Morgan fingerprint density at radius 3 is 2.64 bits per heavy atom. The second kappa shape index (κ2) is 5.79. The average Bonchev–Trinajstić information content (AvgIpc) is 2.95. The molecule has 0 amide bonds. The molecule has 1 unspecified atom stereocenters. The van der Waals surface area contributed by atoms with E-state index in [9.17, 15) is 14.7 Å². The second-order valence-corrected chi connectivity index (χ2v) is 9.80. The SMILES string of the molecule is C[C@]12C=CC(=O)C=C1CCC1[C@@H]2CC[C@]2(C)[C@@H](c3ccc(=O)oc3)CC[C@]12O. The standard InChI is InChI=1S/C24H28O4/c1-22-10-7-17(25)13-16(22)4-5-20-19(22)8-11-23(2)18(9-12-24(20,23)27)15-3-6-21(26)28-14-15/h3,6-7,10,13-14,18-20,27H,4-5,8-9,11-12H2,1-2H3/t18-,19+,20?,22+,23-,24+/m1/s1. The molecule has 4 nitrogen and oxygen atoms in total. The van der Waals surface area contributed by atoms with E-state index in [0.717, 1.165) is 44.1 Å². The number of ketones is 1. The Morgan fingerprint density at radius 1 is 1.07 bits per heavy atom. The van der Waals surface area contributed by atoms with Gasteiger partial charge in [0.15, 0.2) is 5.78 Å². The fourth-order valence-electron chi connectivity index (χ4n) is 7.27. The van der Waals surface area contributed by atoms with Gasteiger partial charge in [0, 0.05) is 16.9 Å². The number of aliphatic hydroxyl groups is 1. The van der Waals surface area contributed by atoms with Crippen molar-refractivity contribution in [2.24, 2.45) is 22.7 Å². The van der Waals surface area contributed by atoms with E-state index < -0.39 is 5.60 Å². The van der Waals surface area contributed by atoms with Crippen molar-refractivity contribution in [3.05, 3.63) is 58.2 Å². The smallest absolute Gasteiger partial charge is 0.335 e. The Morgan fingerprint density at radius 2 is 1.89 bits per heavy atom. The van der Waals surface area contributed by atoms with E-state index in [4.69, 9.17) is 4.42 Å². The van der Waals surface area contributed by atoms with Crippen LogP contribution in [0.1, 0.15) is 63.9 Å². The molecule has 0 aromatic carbocycles. The summed E-state index contributed by atoms with van der Waals surface area (Å²) in [7, 11) is 0. The largest absolute Gasteiger partial charge is 0.431 e. The van der Waals surface area contributed by atoms with Crippen molar-refractivity contribution in [3.63, 3.8) is 0 Å². The van der Waals surface area contributed by atoms with Crippen molar-refractivity contribution in [3.8, 4) is 0 Å². The third-order valence-corrected chi connectivity index (χ3v) is 8.87. The Labute approximate surface area is 165 Å². The summed E-state index contributed by atoms with van der Waals surface area (Å²) in [5, 5.41) is 12.1. The molecular formula is C24H28O4. The van der Waals surface area contributed by atoms with Gasteiger partial charge in [-0.1, -0.05) is 25.5 Å². The zero-order valence-corrected chi connectivity index (χ0v) is 16.6. The normalized spacial score (nSPS) is 44.5. The van der Waals surface area contributed by atoms with Gasteiger partial charge in [0.1, 0.15) is 0 Å². The van der Waals surface area contributed by atoms with E-state index in [1.54, 1.807) is 12.3 Å². The maximum atomic E-state index is 12.1. The highest BCUT2D eigenvalue weighted by Gasteiger charge is 2.66. The lowest BCUT2D eigenvalue weighted by molar-refractivity contribution is -0.171. The van der Waals surface area contributed by atoms with Crippen molar-refractivity contribution < 1.29 is 14.3 Å². The summed E-state index contributed by atoms with van der Waals surface area (Å²) in [5.74, 6) is 0.891. The molecule has 0 spiro atoms. The highest BCUT2D eigenvalue weighted by molar-refractivity contribution is 6.01.